The van der Waals surface area contributed by atoms with Crippen LogP contribution in [0.4, 0.5) is 0 Å². The Morgan fingerprint density at radius 3 is 3.24 bits per heavy atom. The van der Waals surface area contributed by atoms with Crippen LogP contribution in [0.3, 0.4) is 0 Å². The van der Waals surface area contributed by atoms with Crippen LogP contribution in [0.2, 0.25) is 0 Å². The van der Waals surface area contributed by atoms with Crippen LogP contribution in [0.15, 0.2) is 18.6 Å². The lowest BCUT2D eigenvalue weighted by Crippen LogP contribution is -2.43. The zero-order chi connectivity index (χ0) is 12.1. The summed E-state index contributed by atoms with van der Waals surface area (Å²) in [5.41, 5.74) is 0.947. The minimum Gasteiger partial charge on any atom is -0.481 e. The molecule has 0 spiro atoms. The predicted octanol–water partition coefficient (Wildman–Crippen LogP) is 0.869. The summed E-state index contributed by atoms with van der Waals surface area (Å²) in [6, 6.07) is 1.99. The van der Waals surface area contributed by atoms with E-state index in [1.54, 1.807) is 6.20 Å². The van der Waals surface area contributed by atoms with Crippen LogP contribution in [0.1, 0.15) is 12.1 Å². The molecule has 2 heterocycles. The van der Waals surface area contributed by atoms with Gasteiger partial charge in [-0.05, 0) is 6.07 Å². The fourth-order valence-electron chi connectivity index (χ4n) is 1.91. The van der Waals surface area contributed by atoms with Crippen LogP contribution in [-0.2, 0) is 11.3 Å². The topological polar surface area (TPSA) is 66.3 Å². The van der Waals surface area contributed by atoms with Crippen LogP contribution >= 0.6 is 11.8 Å². The van der Waals surface area contributed by atoms with Crippen molar-refractivity contribution in [3.05, 3.63) is 24.3 Å². The average molecular weight is 253 g/mol. The first-order chi connectivity index (χ1) is 8.25. The van der Waals surface area contributed by atoms with Gasteiger partial charge in [0.1, 0.15) is 6.33 Å². The van der Waals surface area contributed by atoms with E-state index >= 15 is 0 Å². The van der Waals surface area contributed by atoms with Gasteiger partial charge >= 0.3 is 5.97 Å². The third-order valence-corrected chi connectivity index (χ3v) is 3.86. The molecule has 0 radical (unpaired) electrons. The predicted molar refractivity (Wildman–Crippen MR) is 65.8 cm³/mol. The molecular formula is C11H15N3O2S. The maximum absolute atomic E-state index is 10.8. The number of hydrogen-bond acceptors (Lipinski definition) is 5. The van der Waals surface area contributed by atoms with Crippen molar-refractivity contribution in [2.75, 3.05) is 18.1 Å². The normalized spacial score (nSPS) is 21.3. The highest BCUT2D eigenvalue weighted by Gasteiger charge is 2.25. The van der Waals surface area contributed by atoms with Crippen molar-refractivity contribution in [2.45, 2.75) is 19.0 Å². The van der Waals surface area contributed by atoms with Crippen molar-refractivity contribution in [1.82, 2.24) is 14.9 Å². The molecule has 1 fully saturated rings. The summed E-state index contributed by atoms with van der Waals surface area (Å²) in [4.78, 5) is 21.1. The summed E-state index contributed by atoms with van der Waals surface area (Å²) in [5, 5.41) is 8.89. The number of aromatic nitrogens is 2. The molecule has 0 saturated carbocycles. The molecule has 2 rings (SSSR count). The van der Waals surface area contributed by atoms with Crippen LogP contribution < -0.4 is 0 Å². The van der Waals surface area contributed by atoms with Gasteiger partial charge in [0, 0.05) is 36.8 Å². The Kier molecular flexibility index (Phi) is 4.33. The summed E-state index contributed by atoms with van der Waals surface area (Å²) in [6.07, 6.45) is 3.45. The van der Waals surface area contributed by atoms with Gasteiger partial charge in [-0.25, -0.2) is 9.97 Å². The van der Waals surface area contributed by atoms with Crippen molar-refractivity contribution >= 4 is 17.7 Å². The molecule has 1 atom stereocenters. The Morgan fingerprint density at radius 1 is 1.65 bits per heavy atom. The largest absolute Gasteiger partial charge is 0.481 e. The lowest BCUT2D eigenvalue weighted by Gasteiger charge is -2.34. The molecule has 1 aliphatic heterocycles. The molecule has 0 amide bonds. The number of rotatable bonds is 4. The Morgan fingerprint density at radius 2 is 2.53 bits per heavy atom. The lowest BCUT2D eigenvalue weighted by atomic mass is 10.2. The van der Waals surface area contributed by atoms with Gasteiger partial charge in [-0.2, -0.15) is 11.8 Å². The van der Waals surface area contributed by atoms with Crippen molar-refractivity contribution in [1.29, 1.82) is 0 Å². The van der Waals surface area contributed by atoms with Gasteiger partial charge in [-0.3, -0.25) is 9.69 Å². The first-order valence-corrected chi connectivity index (χ1v) is 6.69. The van der Waals surface area contributed by atoms with E-state index in [0.29, 0.717) is 6.54 Å². The SMILES string of the molecule is O=C(O)CC1CSCCN1Cc1ccncn1. The van der Waals surface area contributed by atoms with Gasteiger partial charge in [0.2, 0.25) is 0 Å². The molecule has 6 heteroatoms. The first-order valence-electron chi connectivity index (χ1n) is 5.54. The zero-order valence-corrected chi connectivity index (χ0v) is 10.3. The number of nitrogens with zero attached hydrogens (tertiary/aromatic N) is 3. The molecule has 1 aliphatic rings. The second-order valence-corrected chi connectivity index (χ2v) is 5.15. The lowest BCUT2D eigenvalue weighted by molar-refractivity contribution is -0.138. The van der Waals surface area contributed by atoms with Crippen LogP contribution in [0.5, 0.6) is 0 Å². The van der Waals surface area contributed by atoms with Crippen LogP contribution in [0.25, 0.3) is 0 Å². The second kappa shape index (κ2) is 5.97. The van der Waals surface area contributed by atoms with Gasteiger partial charge in [0.15, 0.2) is 0 Å². The number of carboxylic acids is 1. The van der Waals surface area contributed by atoms with E-state index in [1.807, 2.05) is 17.8 Å². The Labute approximate surface area is 104 Å². The molecule has 1 aromatic heterocycles. The number of carboxylic acid groups (broad SMARTS) is 1. The molecule has 1 aromatic rings. The molecule has 1 saturated heterocycles. The molecule has 0 aromatic carbocycles. The maximum Gasteiger partial charge on any atom is 0.304 e. The van der Waals surface area contributed by atoms with E-state index in [-0.39, 0.29) is 12.5 Å². The number of thioether (sulfide) groups is 1. The highest BCUT2D eigenvalue weighted by Crippen LogP contribution is 2.20. The average Bonchev–Trinajstić information content (AvgIpc) is 2.32. The number of carbonyl (C=O) groups is 1. The molecule has 5 nitrogen and oxygen atoms in total. The third-order valence-electron chi connectivity index (χ3n) is 2.77. The van der Waals surface area contributed by atoms with Crippen molar-refractivity contribution in [3.63, 3.8) is 0 Å². The summed E-state index contributed by atoms with van der Waals surface area (Å²) < 4.78 is 0. The molecule has 92 valence electrons. The van der Waals surface area contributed by atoms with Crippen LogP contribution in [0, 0.1) is 0 Å². The summed E-state index contributed by atoms with van der Waals surface area (Å²) in [7, 11) is 0. The summed E-state index contributed by atoms with van der Waals surface area (Å²) in [6.45, 7) is 1.63. The summed E-state index contributed by atoms with van der Waals surface area (Å²) >= 11 is 1.82. The minimum atomic E-state index is -0.731. The Balaban J connectivity index is 1.99. The molecule has 17 heavy (non-hydrogen) atoms. The van der Waals surface area contributed by atoms with E-state index in [9.17, 15) is 4.79 Å². The van der Waals surface area contributed by atoms with Gasteiger partial charge < -0.3 is 5.11 Å². The maximum atomic E-state index is 10.8. The minimum absolute atomic E-state index is 0.112. The fourth-order valence-corrected chi connectivity index (χ4v) is 3.04. The van der Waals surface area contributed by atoms with Crippen molar-refractivity contribution in [3.8, 4) is 0 Å². The second-order valence-electron chi connectivity index (χ2n) is 4.00. The van der Waals surface area contributed by atoms with E-state index < -0.39 is 5.97 Å². The molecule has 0 aliphatic carbocycles. The van der Waals surface area contributed by atoms with E-state index in [0.717, 1.165) is 23.7 Å². The highest BCUT2D eigenvalue weighted by molar-refractivity contribution is 7.99. The highest BCUT2D eigenvalue weighted by atomic mass is 32.2. The van der Waals surface area contributed by atoms with Crippen molar-refractivity contribution < 1.29 is 9.90 Å². The smallest absolute Gasteiger partial charge is 0.304 e. The van der Waals surface area contributed by atoms with Gasteiger partial charge in [-0.15, -0.1) is 0 Å². The standard InChI is InChI=1S/C11H15N3O2S/c15-11(16)5-10-7-17-4-3-14(10)6-9-1-2-12-8-13-9/h1-2,8,10H,3-7H2,(H,15,16). The quantitative estimate of drug-likeness (QED) is 0.859. The molecule has 1 unspecified atom stereocenters. The third kappa shape index (κ3) is 3.67. The molecular weight excluding hydrogens is 238 g/mol. The monoisotopic (exact) mass is 253 g/mol. The molecule has 1 N–H and O–H groups in total. The van der Waals surface area contributed by atoms with Crippen molar-refractivity contribution in [2.24, 2.45) is 0 Å². The Hall–Kier alpha value is -1.14. The summed E-state index contributed by atoms with van der Waals surface area (Å²) in [5.74, 6) is 1.21. The van der Waals surface area contributed by atoms with Gasteiger partial charge in [0.05, 0.1) is 12.1 Å². The fraction of sp³-hybridized carbons (Fsp3) is 0.545. The van der Waals surface area contributed by atoms with E-state index in [2.05, 4.69) is 14.9 Å². The van der Waals surface area contributed by atoms with E-state index in [4.69, 9.17) is 5.11 Å². The van der Waals surface area contributed by atoms with Crippen LogP contribution in [-0.4, -0.2) is 50.0 Å². The number of hydrogen-bond donors (Lipinski definition) is 1. The first kappa shape index (κ1) is 12.3. The van der Waals surface area contributed by atoms with Gasteiger partial charge in [0.25, 0.3) is 0 Å². The Bertz CT molecular complexity index is 374. The molecule has 0 bridgehead atoms. The number of aliphatic carboxylic acids is 1. The zero-order valence-electron chi connectivity index (χ0n) is 9.45. The van der Waals surface area contributed by atoms with E-state index in [1.165, 1.54) is 6.33 Å². The van der Waals surface area contributed by atoms with Gasteiger partial charge in [-0.1, -0.05) is 0 Å².